The van der Waals surface area contributed by atoms with Crippen LogP contribution in [0.25, 0.3) is 0 Å². The Bertz CT molecular complexity index is 317. The van der Waals surface area contributed by atoms with Gasteiger partial charge < -0.3 is 15.4 Å². The topological polar surface area (TPSA) is 38.5 Å². The molecular weight excluding hydrogens is 200 g/mol. The zero-order chi connectivity index (χ0) is 11.4. The first-order chi connectivity index (χ1) is 7.75. The van der Waals surface area contributed by atoms with Crippen molar-refractivity contribution in [1.29, 1.82) is 0 Å². The Labute approximate surface area is 97.2 Å². The first-order valence-electron chi connectivity index (χ1n) is 5.94. The molecule has 0 spiro atoms. The van der Waals surface area contributed by atoms with Gasteiger partial charge in [0.2, 0.25) is 0 Å². The molecule has 0 saturated carbocycles. The fraction of sp³-hybridized carbons (Fsp3) is 0.538. The zero-order valence-electron chi connectivity index (χ0n) is 9.86. The summed E-state index contributed by atoms with van der Waals surface area (Å²) in [5, 5.41) is 0. The number of anilines is 2. The second kappa shape index (κ2) is 5.21. The Morgan fingerprint density at radius 1 is 1.38 bits per heavy atom. The van der Waals surface area contributed by atoms with Crippen LogP contribution >= 0.6 is 0 Å². The van der Waals surface area contributed by atoms with Gasteiger partial charge in [-0.25, -0.2) is 0 Å². The molecule has 0 aromatic heterocycles. The van der Waals surface area contributed by atoms with Crippen LogP contribution in [0, 0.1) is 0 Å². The number of nitrogens with two attached hydrogens (primary N) is 1. The Morgan fingerprint density at radius 3 is 2.75 bits per heavy atom. The number of ether oxygens (including phenoxy) is 1. The molecule has 1 aromatic rings. The highest BCUT2D eigenvalue weighted by Gasteiger charge is 2.15. The van der Waals surface area contributed by atoms with E-state index in [9.17, 15) is 0 Å². The van der Waals surface area contributed by atoms with Crippen molar-refractivity contribution in [1.82, 2.24) is 0 Å². The molecule has 2 rings (SSSR count). The number of nitrogen functional groups attached to an aromatic ring is 1. The highest BCUT2D eigenvalue weighted by atomic mass is 16.5. The Kier molecular flexibility index (Phi) is 3.67. The van der Waals surface area contributed by atoms with E-state index < -0.39 is 0 Å². The Morgan fingerprint density at radius 2 is 2.12 bits per heavy atom. The van der Waals surface area contributed by atoms with Gasteiger partial charge in [-0.1, -0.05) is 0 Å². The highest BCUT2D eigenvalue weighted by molar-refractivity contribution is 5.52. The molecule has 1 atom stereocenters. The fourth-order valence-corrected chi connectivity index (χ4v) is 2.07. The van der Waals surface area contributed by atoms with Gasteiger partial charge in [0.05, 0.1) is 6.10 Å². The van der Waals surface area contributed by atoms with Gasteiger partial charge in [0.1, 0.15) is 0 Å². The van der Waals surface area contributed by atoms with E-state index in [1.165, 1.54) is 18.5 Å². The average molecular weight is 220 g/mol. The predicted molar refractivity (Wildman–Crippen MR) is 67.7 cm³/mol. The molecule has 1 aliphatic rings. The summed E-state index contributed by atoms with van der Waals surface area (Å²) in [7, 11) is 2.11. The van der Waals surface area contributed by atoms with Crippen LogP contribution in [0.3, 0.4) is 0 Å². The zero-order valence-corrected chi connectivity index (χ0v) is 9.86. The molecule has 1 aromatic carbocycles. The van der Waals surface area contributed by atoms with Crippen molar-refractivity contribution in [3.05, 3.63) is 24.3 Å². The van der Waals surface area contributed by atoms with Gasteiger partial charge in [-0.3, -0.25) is 0 Å². The lowest BCUT2D eigenvalue weighted by molar-refractivity contribution is 0.106. The quantitative estimate of drug-likeness (QED) is 0.791. The standard InChI is InChI=1S/C13H20N2O/c1-15(9-8-13-3-2-10-16-13)12-6-4-11(14)5-7-12/h4-7,13H,2-3,8-10,14H2,1H3. The summed E-state index contributed by atoms with van der Waals surface area (Å²) in [5.41, 5.74) is 7.69. The molecule has 1 unspecified atom stereocenters. The van der Waals surface area contributed by atoms with Crippen LogP contribution in [0.15, 0.2) is 24.3 Å². The normalized spacial score (nSPS) is 19.9. The second-order valence-electron chi connectivity index (χ2n) is 4.44. The Balaban J connectivity index is 1.82. The number of rotatable bonds is 4. The van der Waals surface area contributed by atoms with Crippen LogP contribution in [0.1, 0.15) is 19.3 Å². The van der Waals surface area contributed by atoms with Crippen molar-refractivity contribution in [3.63, 3.8) is 0 Å². The van der Waals surface area contributed by atoms with Crippen LogP contribution < -0.4 is 10.6 Å². The maximum absolute atomic E-state index is 5.66. The number of nitrogens with zero attached hydrogens (tertiary/aromatic N) is 1. The molecule has 16 heavy (non-hydrogen) atoms. The molecule has 3 nitrogen and oxygen atoms in total. The SMILES string of the molecule is CN(CCC1CCCO1)c1ccc(N)cc1. The molecule has 1 fully saturated rings. The Hall–Kier alpha value is -1.22. The number of benzene rings is 1. The van der Waals surface area contributed by atoms with Crippen LogP contribution in [0.4, 0.5) is 11.4 Å². The van der Waals surface area contributed by atoms with E-state index in [2.05, 4.69) is 24.1 Å². The first-order valence-corrected chi connectivity index (χ1v) is 5.94. The first kappa shape index (κ1) is 11.3. The van der Waals surface area contributed by atoms with Gasteiger partial charge >= 0.3 is 0 Å². The van der Waals surface area contributed by atoms with E-state index in [1.54, 1.807) is 0 Å². The monoisotopic (exact) mass is 220 g/mol. The lowest BCUT2D eigenvalue weighted by atomic mass is 10.1. The van der Waals surface area contributed by atoms with E-state index in [1.807, 2.05) is 12.1 Å². The number of hydrogen-bond donors (Lipinski definition) is 1. The molecule has 0 aliphatic carbocycles. The molecule has 1 saturated heterocycles. The third-order valence-electron chi connectivity index (χ3n) is 3.14. The van der Waals surface area contributed by atoms with E-state index in [4.69, 9.17) is 10.5 Å². The number of hydrogen-bond acceptors (Lipinski definition) is 3. The third kappa shape index (κ3) is 2.89. The van der Waals surface area contributed by atoms with Gasteiger partial charge in [0.25, 0.3) is 0 Å². The molecule has 2 N–H and O–H groups in total. The van der Waals surface area contributed by atoms with Gasteiger partial charge in [0.15, 0.2) is 0 Å². The molecule has 88 valence electrons. The van der Waals surface area contributed by atoms with Gasteiger partial charge in [-0.2, -0.15) is 0 Å². The van der Waals surface area contributed by atoms with Crippen LogP contribution in [-0.2, 0) is 4.74 Å². The van der Waals surface area contributed by atoms with Crippen molar-refractivity contribution >= 4 is 11.4 Å². The molecule has 1 aliphatic heterocycles. The predicted octanol–water partition coefficient (Wildman–Crippen LogP) is 2.27. The minimum absolute atomic E-state index is 0.469. The third-order valence-corrected chi connectivity index (χ3v) is 3.14. The van der Waals surface area contributed by atoms with Crippen molar-refractivity contribution in [3.8, 4) is 0 Å². The lowest BCUT2D eigenvalue weighted by Crippen LogP contribution is -2.22. The van der Waals surface area contributed by atoms with E-state index >= 15 is 0 Å². The average Bonchev–Trinajstić information content (AvgIpc) is 2.80. The van der Waals surface area contributed by atoms with Crippen LogP contribution in [0.5, 0.6) is 0 Å². The van der Waals surface area contributed by atoms with Crippen LogP contribution in [0.2, 0.25) is 0 Å². The van der Waals surface area contributed by atoms with E-state index in [-0.39, 0.29) is 0 Å². The molecule has 0 bridgehead atoms. The second-order valence-corrected chi connectivity index (χ2v) is 4.44. The van der Waals surface area contributed by atoms with Crippen molar-refractivity contribution in [2.24, 2.45) is 0 Å². The van der Waals surface area contributed by atoms with E-state index in [0.29, 0.717) is 6.10 Å². The van der Waals surface area contributed by atoms with Gasteiger partial charge in [-0.15, -0.1) is 0 Å². The van der Waals surface area contributed by atoms with Crippen molar-refractivity contribution in [2.75, 3.05) is 30.8 Å². The summed E-state index contributed by atoms with van der Waals surface area (Å²) in [4.78, 5) is 2.25. The summed E-state index contributed by atoms with van der Waals surface area (Å²) in [5.74, 6) is 0. The lowest BCUT2D eigenvalue weighted by Gasteiger charge is -2.21. The summed E-state index contributed by atoms with van der Waals surface area (Å²) < 4.78 is 5.61. The van der Waals surface area contributed by atoms with Crippen LogP contribution in [-0.4, -0.2) is 26.3 Å². The van der Waals surface area contributed by atoms with Crippen molar-refractivity contribution in [2.45, 2.75) is 25.4 Å². The summed E-state index contributed by atoms with van der Waals surface area (Å²) in [6, 6.07) is 8.01. The molecule has 0 radical (unpaired) electrons. The van der Waals surface area contributed by atoms with Gasteiger partial charge in [0, 0.05) is 31.6 Å². The maximum atomic E-state index is 5.66. The smallest absolute Gasteiger partial charge is 0.0592 e. The summed E-state index contributed by atoms with van der Waals surface area (Å²) in [6.07, 6.45) is 4.02. The summed E-state index contributed by atoms with van der Waals surface area (Å²) in [6.45, 7) is 1.98. The minimum Gasteiger partial charge on any atom is -0.399 e. The highest BCUT2D eigenvalue weighted by Crippen LogP contribution is 2.18. The molecular formula is C13H20N2O. The maximum Gasteiger partial charge on any atom is 0.0592 e. The summed E-state index contributed by atoms with van der Waals surface area (Å²) >= 11 is 0. The molecule has 1 heterocycles. The molecule has 0 amide bonds. The molecule has 3 heteroatoms. The van der Waals surface area contributed by atoms with E-state index in [0.717, 1.165) is 25.3 Å². The van der Waals surface area contributed by atoms with Crippen molar-refractivity contribution < 1.29 is 4.74 Å². The minimum atomic E-state index is 0.469. The van der Waals surface area contributed by atoms with Gasteiger partial charge in [-0.05, 0) is 43.5 Å². The largest absolute Gasteiger partial charge is 0.399 e. The fourth-order valence-electron chi connectivity index (χ4n) is 2.07.